The van der Waals surface area contributed by atoms with Crippen molar-refractivity contribution in [2.24, 2.45) is 0 Å². The highest BCUT2D eigenvalue weighted by Crippen LogP contribution is 2.34. The van der Waals surface area contributed by atoms with E-state index >= 15 is 0 Å². The van der Waals surface area contributed by atoms with Gasteiger partial charge in [0.15, 0.2) is 17.3 Å². The van der Waals surface area contributed by atoms with Crippen molar-refractivity contribution in [2.45, 2.75) is 12.8 Å². The largest absolute Gasteiger partial charge is 0.486 e. The van der Waals surface area contributed by atoms with E-state index in [2.05, 4.69) is 6.07 Å². The lowest BCUT2D eigenvalue weighted by Gasteiger charge is -2.19. The van der Waals surface area contributed by atoms with Crippen molar-refractivity contribution in [3.8, 4) is 17.6 Å². The molecular formula is C16H13NO3S. The van der Waals surface area contributed by atoms with Crippen molar-refractivity contribution in [2.75, 3.05) is 13.2 Å². The second kappa shape index (κ2) is 5.58. The Bertz CT molecular complexity index is 729. The van der Waals surface area contributed by atoms with Crippen molar-refractivity contribution in [3.05, 3.63) is 45.6 Å². The molecule has 2 aromatic rings. The Labute approximate surface area is 126 Å². The normalized spacial score (nSPS) is 14.3. The van der Waals surface area contributed by atoms with Crippen LogP contribution in [-0.2, 0) is 0 Å². The highest BCUT2D eigenvalue weighted by Gasteiger charge is 2.25. The molecule has 21 heavy (non-hydrogen) atoms. The van der Waals surface area contributed by atoms with Crippen LogP contribution in [-0.4, -0.2) is 19.0 Å². The van der Waals surface area contributed by atoms with Crippen LogP contribution in [0, 0.1) is 18.3 Å². The van der Waals surface area contributed by atoms with Gasteiger partial charge in [-0.2, -0.15) is 5.26 Å². The number of carbonyl (C=O) groups is 1. The van der Waals surface area contributed by atoms with Crippen LogP contribution in [0.2, 0.25) is 0 Å². The minimum absolute atomic E-state index is 0.174. The molecule has 1 atom stereocenters. The smallest absolute Gasteiger partial charge is 0.194 e. The summed E-state index contributed by atoms with van der Waals surface area (Å²) in [6.45, 7) is 2.93. The number of Topliss-reactive ketones (excluding diaryl/α,β-unsaturated/α-hetero) is 1. The van der Waals surface area contributed by atoms with Gasteiger partial charge in [-0.05, 0) is 36.8 Å². The van der Waals surface area contributed by atoms with Crippen molar-refractivity contribution < 1.29 is 14.3 Å². The average Bonchev–Trinajstić information content (AvgIpc) is 2.94. The van der Waals surface area contributed by atoms with Gasteiger partial charge in [-0.25, -0.2) is 0 Å². The maximum absolute atomic E-state index is 12.5. The summed E-state index contributed by atoms with van der Waals surface area (Å²) in [6.07, 6.45) is 0. The molecule has 2 heterocycles. The van der Waals surface area contributed by atoms with Crippen molar-refractivity contribution in [3.63, 3.8) is 0 Å². The summed E-state index contributed by atoms with van der Waals surface area (Å²) in [5.41, 5.74) is 0.637. The van der Waals surface area contributed by atoms with Crippen molar-refractivity contribution in [1.82, 2.24) is 0 Å². The van der Waals surface area contributed by atoms with E-state index in [1.807, 2.05) is 13.0 Å². The Hall–Kier alpha value is -2.32. The molecule has 0 radical (unpaired) electrons. The maximum Gasteiger partial charge on any atom is 0.194 e. The Balaban J connectivity index is 1.93. The summed E-state index contributed by atoms with van der Waals surface area (Å²) in [7, 11) is 0. The number of aryl methyl sites for hydroxylation is 1. The van der Waals surface area contributed by atoms with Crippen LogP contribution >= 0.6 is 11.3 Å². The second-order valence-corrected chi connectivity index (χ2v) is 6.03. The number of hydrogen-bond donors (Lipinski definition) is 0. The third kappa shape index (κ3) is 2.63. The Morgan fingerprint density at radius 2 is 2.00 bits per heavy atom. The lowest BCUT2D eigenvalue weighted by molar-refractivity contribution is 0.0982. The Kier molecular flexibility index (Phi) is 3.63. The first-order chi connectivity index (χ1) is 10.2. The predicted molar refractivity (Wildman–Crippen MR) is 79.2 cm³/mol. The van der Waals surface area contributed by atoms with Gasteiger partial charge in [-0.15, -0.1) is 11.3 Å². The zero-order valence-electron chi connectivity index (χ0n) is 11.5. The summed E-state index contributed by atoms with van der Waals surface area (Å²) >= 11 is 1.41. The molecule has 0 fully saturated rings. The highest BCUT2D eigenvalue weighted by atomic mass is 32.1. The number of nitrogens with zero attached hydrogens (tertiary/aromatic N) is 1. The predicted octanol–water partition coefficient (Wildman–Crippen LogP) is 3.32. The third-order valence-corrected chi connectivity index (χ3v) is 4.29. The number of nitriles is 1. The fourth-order valence-electron chi connectivity index (χ4n) is 2.23. The van der Waals surface area contributed by atoms with Gasteiger partial charge in [0.1, 0.15) is 19.1 Å². The van der Waals surface area contributed by atoms with E-state index in [1.54, 1.807) is 24.3 Å². The summed E-state index contributed by atoms with van der Waals surface area (Å²) in [5.74, 6) is 0.251. The number of carbonyl (C=O) groups excluding carboxylic acids is 1. The van der Waals surface area contributed by atoms with E-state index in [4.69, 9.17) is 9.47 Å². The standard InChI is InChI=1S/C16H13NO3S/c1-10-2-5-15(21-10)16(18)12(9-17)11-3-4-13-14(8-11)20-7-6-19-13/h2-5,8,12H,6-7H2,1H3. The number of thiophene rings is 1. The van der Waals surface area contributed by atoms with E-state index in [-0.39, 0.29) is 5.78 Å². The first kappa shape index (κ1) is 13.7. The molecule has 0 aliphatic carbocycles. The summed E-state index contributed by atoms with van der Waals surface area (Å²) in [4.78, 5) is 14.1. The molecule has 0 saturated heterocycles. The molecule has 0 bridgehead atoms. The van der Waals surface area contributed by atoms with Crippen LogP contribution in [0.15, 0.2) is 30.3 Å². The molecule has 4 nitrogen and oxygen atoms in total. The molecular weight excluding hydrogens is 286 g/mol. The molecule has 1 unspecified atom stereocenters. The minimum Gasteiger partial charge on any atom is -0.486 e. The highest BCUT2D eigenvalue weighted by molar-refractivity contribution is 7.14. The molecule has 0 amide bonds. The second-order valence-electron chi connectivity index (χ2n) is 4.74. The molecule has 106 valence electrons. The molecule has 3 rings (SSSR count). The van der Waals surface area contributed by atoms with Gasteiger partial charge in [-0.3, -0.25) is 4.79 Å². The number of ketones is 1. The molecule has 1 aromatic carbocycles. The SMILES string of the molecule is Cc1ccc(C(=O)C(C#N)c2ccc3c(c2)OCCO3)s1. The van der Waals surface area contributed by atoms with E-state index in [0.29, 0.717) is 35.2 Å². The van der Waals surface area contributed by atoms with Crippen LogP contribution in [0.25, 0.3) is 0 Å². The average molecular weight is 299 g/mol. The van der Waals surface area contributed by atoms with Gasteiger partial charge in [-0.1, -0.05) is 6.07 Å². The number of ether oxygens (including phenoxy) is 2. The molecule has 0 N–H and O–H groups in total. The summed E-state index contributed by atoms with van der Waals surface area (Å²) < 4.78 is 11.0. The van der Waals surface area contributed by atoms with Gasteiger partial charge in [0.25, 0.3) is 0 Å². The van der Waals surface area contributed by atoms with Crippen LogP contribution in [0.1, 0.15) is 26.0 Å². The monoisotopic (exact) mass is 299 g/mol. The lowest BCUT2D eigenvalue weighted by atomic mass is 9.95. The van der Waals surface area contributed by atoms with Gasteiger partial charge in [0.05, 0.1) is 10.9 Å². The molecule has 0 spiro atoms. The summed E-state index contributed by atoms with van der Waals surface area (Å²) in [5, 5.41) is 9.38. The van der Waals surface area contributed by atoms with E-state index in [0.717, 1.165) is 4.88 Å². The lowest BCUT2D eigenvalue weighted by Crippen LogP contribution is -2.16. The van der Waals surface area contributed by atoms with Crippen LogP contribution in [0.3, 0.4) is 0 Å². The molecule has 1 aliphatic rings. The number of benzene rings is 1. The Morgan fingerprint density at radius 3 is 2.67 bits per heavy atom. The maximum atomic E-state index is 12.5. The zero-order valence-corrected chi connectivity index (χ0v) is 12.3. The van der Waals surface area contributed by atoms with Crippen LogP contribution in [0.5, 0.6) is 11.5 Å². The van der Waals surface area contributed by atoms with Gasteiger partial charge < -0.3 is 9.47 Å². The van der Waals surface area contributed by atoms with E-state index in [9.17, 15) is 10.1 Å². The van der Waals surface area contributed by atoms with Crippen LogP contribution in [0.4, 0.5) is 0 Å². The van der Waals surface area contributed by atoms with Gasteiger partial charge in [0.2, 0.25) is 0 Å². The summed E-state index contributed by atoms with van der Waals surface area (Å²) in [6, 6.07) is 11.0. The minimum atomic E-state index is -0.820. The Morgan fingerprint density at radius 1 is 1.24 bits per heavy atom. The van der Waals surface area contributed by atoms with Crippen molar-refractivity contribution in [1.29, 1.82) is 5.26 Å². The number of fused-ring (bicyclic) bond motifs is 1. The molecule has 5 heteroatoms. The number of rotatable bonds is 3. The quantitative estimate of drug-likeness (QED) is 0.816. The molecule has 0 saturated carbocycles. The molecule has 1 aromatic heterocycles. The fourth-order valence-corrected chi connectivity index (χ4v) is 3.07. The van der Waals surface area contributed by atoms with E-state index < -0.39 is 5.92 Å². The van der Waals surface area contributed by atoms with Gasteiger partial charge >= 0.3 is 0 Å². The first-order valence-corrected chi connectivity index (χ1v) is 7.40. The van der Waals surface area contributed by atoms with Crippen molar-refractivity contribution >= 4 is 17.1 Å². The first-order valence-electron chi connectivity index (χ1n) is 6.59. The fraction of sp³-hybridized carbons (Fsp3) is 0.250. The number of hydrogen-bond acceptors (Lipinski definition) is 5. The topological polar surface area (TPSA) is 59.3 Å². The molecule has 1 aliphatic heterocycles. The van der Waals surface area contributed by atoms with Crippen LogP contribution < -0.4 is 9.47 Å². The zero-order chi connectivity index (χ0) is 14.8. The van der Waals surface area contributed by atoms with E-state index in [1.165, 1.54) is 11.3 Å². The third-order valence-electron chi connectivity index (χ3n) is 3.27. The van der Waals surface area contributed by atoms with Gasteiger partial charge in [0, 0.05) is 4.88 Å².